The maximum Gasteiger partial charge on any atom is 0.168 e. The second kappa shape index (κ2) is 7.49. The molecular weight excluding hydrogens is 404 g/mol. The summed E-state index contributed by atoms with van der Waals surface area (Å²) in [6, 6.07) is 0.739. The molecule has 6 rings (SSSR count). The van der Waals surface area contributed by atoms with Crippen molar-refractivity contribution in [3.8, 4) is 0 Å². The van der Waals surface area contributed by atoms with Crippen LogP contribution in [0.1, 0.15) is 62.7 Å². The van der Waals surface area contributed by atoms with Crippen molar-refractivity contribution < 1.29 is 0 Å². The fourth-order valence-corrected chi connectivity index (χ4v) is 7.30. The monoisotopic (exact) mass is 438 g/mol. The average Bonchev–Trinajstić information content (AvgIpc) is 3.48. The van der Waals surface area contributed by atoms with Gasteiger partial charge in [0.15, 0.2) is 11.5 Å². The lowest BCUT2D eigenvalue weighted by Crippen LogP contribution is -2.49. The highest BCUT2D eigenvalue weighted by molar-refractivity contribution is 7.19. The molecular formula is C24H34N6S. The van der Waals surface area contributed by atoms with Gasteiger partial charge < -0.3 is 0 Å². The van der Waals surface area contributed by atoms with Crippen LogP contribution in [0.3, 0.4) is 0 Å². The minimum Gasteiger partial charge on any atom is -0.298 e. The Hall–Kier alpha value is -1.57. The highest BCUT2D eigenvalue weighted by atomic mass is 32.1. The van der Waals surface area contributed by atoms with E-state index < -0.39 is 0 Å². The van der Waals surface area contributed by atoms with E-state index in [0.29, 0.717) is 5.41 Å². The third-order valence-corrected chi connectivity index (χ3v) is 9.65. The molecule has 166 valence electrons. The lowest BCUT2D eigenvalue weighted by molar-refractivity contribution is 0.0975. The first-order valence-electron chi connectivity index (χ1n) is 12.1. The van der Waals surface area contributed by atoms with Crippen molar-refractivity contribution in [3.05, 3.63) is 22.6 Å². The summed E-state index contributed by atoms with van der Waals surface area (Å²) >= 11 is 1.89. The quantitative estimate of drug-likeness (QED) is 0.612. The van der Waals surface area contributed by atoms with Crippen molar-refractivity contribution in [1.29, 1.82) is 0 Å². The molecule has 0 amide bonds. The van der Waals surface area contributed by atoms with Crippen LogP contribution >= 0.6 is 11.3 Å². The number of rotatable bonds is 4. The molecule has 7 heteroatoms. The van der Waals surface area contributed by atoms with E-state index in [2.05, 4.69) is 30.6 Å². The van der Waals surface area contributed by atoms with Crippen LogP contribution in [-0.2, 0) is 19.4 Å². The third-order valence-electron chi connectivity index (χ3n) is 8.48. The normalized spacial score (nSPS) is 25.4. The molecule has 2 aliphatic heterocycles. The highest BCUT2D eigenvalue weighted by Gasteiger charge is 2.34. The van der Waals surface area contributed by atoms with Crippen molar-refractivity contribution in [1.82, 2.24) is 29.4 Å². The molecule has 6 nitrogen and oxygen atoms in total. The van der Waals surface area contributed by atoms with Crippen LogP contribution in [0.15, 0.2) is 6.33 Å². The SMILES string of the molecule is CCC(C)(C)C1CCc2c(sc3ncn4nc(CN5CCN6CCCC6C5)nc4c23)C1. The molecule has 0 bridgehead atoms. The van der Waals surface area contributed by atoms with Gasteiger partial charge in [0.2, 0.25) is 0 Å². The first kappa shape index (κ1) is 20.1. The Morgan fingerprint density at radius 1 is 1.19 bits per heavy atom. The number of hydrogen-bond acceptors (Lipinski definition) is 6. The second-order valence-corrected chi connectivity index (χ2v) is 11.7. The van der Waals surface area contributed by atoms with Gasteiger partial charge in [-0.15, -0.1) is 16.4 Å². The van der Waals surface area contributed by atoms with E-state index in [0.717, 1.165) is 54.3 Å². The van der Waals surface area contributed by atoms with Crippen LogP contribution in [-0.4, -0.2) is 61.6 Å². The second-order valence-electron chi connectivity index (χ2n) is 10.6. The summed E-state index contributed by atoms with van der Waals surface area (Å²) in [5.74, 6) is 1.71. The first-order chi connectivity index (χ1) is 15.0. The average molecular weight is 439 g/mol. The van der Waals surface area contributed by atoms with Crippen LogP contribution in [0, 0.1) is 11.3 Å². The number of thiophene rings is 1. The molecule has 3 aliphatic rings. The van der Waals surface area contributed by atoms with Gasteiger partial charge in [-0.1, -0.05) is 27.2 Å². The zero-order chi connectivity index (χ0) is 21.2. The molecule has 31 heavy (non-hydrogen) atoms. The molecule has 3 aromatic heterocycles. The fourth-order valence-electron chi connectivity index (χ4n) is 6.04. The zero-order valence-electron chi connectivity index (χ0n) is 19.1. The molecule has 5 heterocycles. The van der Waals surface area contributed by atoms with E-state index in [9.17, 15) is 0 Å². The predicted molar refractivity (Wildman–Crippen MR) is 126 cm³/mol. The molecule has 0 saturated carbocycles. The van der Waals surface area contributed by atoms with E-state index in [1.165, 1.54) is 61.0 Å². The van der Waals surface area contributed by atoms with Crippen molar-refractivity contribution in [2.75, 3.05) is 26.2 Å². The van der Waals surface area contributed by atoms with Gasteiger partial charge in [-0.2, -0.15) is 0 Å². The number of hydrogen-bond donors (Lipinski definition) is 0. The molecule has 0 radical (unpaired) electrons. The Bertz CT molecular complexity index is 1110. The third kappa shape index (κ3) is 3.40. The standard InChI is InChI=1S/C24H34N6S/c1-4-24(2,3)16-7-8-18-19(12-16)31-23-21(18)22-26-20(27-30(22)15-25-23)14-28-10-11-29-9-5-6-17(29)13-28/h15-17H,4-14H2,1-3H3. The van der Waals surface area contributed by atoms with E-state index in [-0.39, 0.29) is 0 Å². The molecule has 0 aromatic carbocycles. The van der Waals surface area contributed by atoms with Crippen molar-refractivity contribution >= 4 is 27.2 Å². The van der Waals surface area contributed by atoms with Gasteiger partial charge in [0, 0.05) is 30.6 Å². The van der Waals surface area contributed by atoms with Crippen LogP contribution in [0.5, 0.6) is 0 Å². The van der Waals surface area contributed by atoms with Crippen LogP contribution in [0.4, 0.5) is 0 Å². The van der Waals surface area contributed by atoms with Crippen LogP contribution in [0.25, 0.3) is 15.9 Å². The molecule has 2 unspecified atom stereocenters. The van der Waals surface area contributed by atoms with Gasteiger partial charge in [0.1, 0.15) is 11.2 Å². The molecule has 1 aliphatic carbocycles. The van der Waals surface area contributed by atoms with Gasteiger partial charge in [0.25, 0.3) is 0 Å². The Labute approximate surface area is 188 Å². The van der Waals surface area contributed by atoms with Gasteiger partial charge in [0.05, 0.1) is 11.9 Å². The van der Waals surface area contributed by atoms with Crippen molar-refractivity contribution in [2.45, 2.75) is 71.9 Å². The van der Waals surface area contributed by atoms with Gasteiger partial charge >= 0.3 is 0 Å². The molecule has 2 saturated heterocycles. The van der Waals surface area contributed by atoms with E-state index in [4.69, 9.17) is 15.1 Å². The fraction of sp³-hybridized carbons (Fsp3) is 0.708. The van der Waals surface area contributed by atoms with E-state index >= 15 is 0 Å². The summed E-state index contributed by atoms with van der Waals surface area (Å²) in [4.78, 5) is 17.7. The number of nitrogens with zero attached hydrogens (tertiary/aromatic N) is 6. The largest absolute Gasteiger partial charge is 0.298 e. The first-order valence-corrected chi connectivity index (χ1v) is 12.9. The maximum atomic E-state index is 5.05. The van der Waals surface area contributed by atoms with Gasteiger partial charge in [-0.3, -0.25) is 9.80 Å². The topological polar surface area (TPSA) is 49.6 Å². The summed E-state index contributed by atoms with van der Waals surface area (Å²) < 4.78 is 1.93. The highest BCUT2D eigenvalue weighted by Crippen LogP contribution is 2.44. The summed E-state index contributed by atoms with van der Waals surface area (Å²) in [5, 5.41) is 6.10. The number of piperazine rings is 1. The van der Waals surface area contributed by atoms with Crippen molar-refractivity contribution in [3.63, 3.8) is 0 Å². The molecule has 0 N–H and O–H groups in total. The Morgan fingerprint density at radius 3 is 2.97 bits per heavy atom. The predicted octanol–water partition coefficient (Wildman–Crippen LogP) is 4.16. The Kier molecular flexibility index (Phi) is 4.85. The van der Waals surface area contributed by atoms with Crippen LogP contribution < -0.4 is 0 Å². The molecule has 0 spiro atoms. The van der Waals surface area contributed by atoms with Crippen LogP contribution in [0.2, 0.25) is 0 Å². The molecule has 2 atom stereocenters. The number of aromatic nitrogens is 4. The van der Waals surface area contributed by atoms with E-state index in [1.54, 1.807) is 0 Å². The minimum absolute atomic E-state index is 0.405. The lowest BCUT2D eigenvalue weighted by Gasteiger charge is -2.36. The number of fused-ring (bicyclic) bond motifs is 6. The van der Waals surface area contributed by atoms with Gasteiger partial charge in [-0.25, -0.2) is 14.5 Å². The van der Waals surface area contributed by atoms with Gasteiger partial charge in [-0.05, 0) is 55.5 Å². The Morgan fingerprint density at radius 2 is 2.10 bits per heavy atom. The summed E-state index contributed by atoms with van der Waals surface area (Å²) in [7, 11) is 0. The van der Waals surface area contributed by atoms with Crippen molar-refractivity contribution in [2.24, 2.45) is 11.3 Å². The summed E-state index contributed by atoms with van der Waals surface area (Å²) in [6.45, 7) is 12.8. The Balaban J connectivity index is 1.30. The molecule has 3 aromatic rings. The molecule has 2 fully saturated rings. The lowest BCUT2D eigenvalue weighted by atomic mass is 9.70. The zero-order valence-corrected chi connectivity index (χ0v) is 19.9. The summed E-state index contributed by atoms with van der Waals surface area (Å²) in [6.07, 6.45) is 9.42. The smallest absolute Gasteiger partial charge is 0.168 e. The minimum atomic E-state index is 0.405. The number of aryl methyl sites for hydroxylation is 1. The summed E-state index contributed by atoms with van der Waals surface area (Å²) in [5.41, 5.74) is 2.92. The maximum absolute atomic E-state index is 5.05. The van der Waals surface area contributed by atoms with E-state index in [1.807, 2.05) is 22.2 Å².